The molecule has 2 rings (SSSR count). The Morgan fingerprint density at radius 2 is 2.04 bits per heavy atom. The van der Waals surface area contributed by atoms with Gasteiger partial charge < -0.3 is 29.4 Å². The van der Waals surface area contributed by atoms with Crippen molar-refractivity contribution in [3.05, 3.63) is 23.8 Å². The molecule has 1 heterocycles. The maximum absolute atomic E-state index is 11.1. The van der Waals surface area contributed by atoms with Crippen LogP contribution in [0, 0.1) is 11.8 Å². The number of carbonyl (C=O) groups is 1. The van der Waals surface area contributed by atoms with Crippen molar-refractivity contribution in [2.75, 3.05) is 34.0 Å². The molecule has 0 unspecified atom stereocenters. The highest BCUT2D eigenvalue weighted by Gasteiger charge is 2.36. The van der Waals surface area contributed by atoms with Gasteiger partial charge in [0.15, 0.2) is 11.5 Å². The van der Waals surface area contributed by atoms with Gasteiger partial charge in [0.1, 0.15) is 6.10 Å². The summed E-state index contributed by atoms with van der Waals surface area (Å²) in [6, 6.07) is 5.82. The highest BCUT2D eigenvalue weighted by atomic mass is 16.6. The summed E-state index contributed by atoms with van der Waals surface area (Å²) in [6.45, 7) is 6.17. The van der Waals surface area contributed by atoms with E-state index in [4.69, 9.17) is 24.1 Å². The van der Waals surface area contributed by atoms with Gasteiger partial charge in [-0.1, -0.05) is 19.9 Å². The number of benzene rings is 1. The Morgan fingerprint density at radius 1 is 1.29 bits per heavy atom. The molecule has 0 saturated carbocycles. The van der Waals surface area contributed by atoms with Crippen molar-refractivity contribution in [2.24, 2.45) is 11.8 Å². The maximum atomic E-state index is 11.1. The zero-order valence-corrected chi connectivity index (χ0v) is 17.3. The largest absolute Gasteiger partial charge is 0.493 e. The van der Waals surface area contributed by atoms with E-state index in [1.165, 1.54) is 0 Å². The van der Waals surface area contributed by atoms with E-state index in [2.05, 4.69) is 19.2 Å². The minimum atomic E-state index is -1.00. The van der Waals surface area contributed by atoms with E-state index in [1.54, 1.807) is 14.2 Å². The van der Waals surface area contributed by atoms with Gasteiger partial charge >= 0.3 is 6.09 Å². The maximum Gasteiger partial charge on any atom is 0.404 e. The van der Waals surface area contributed by atoms with Crippen molar-refractivity contribution in [1.82, 2.24) is 5.32 Å². The van der Waals surface area contributed by atoms with Crippen LogP contribution in [0.3, 0.4) is 0 Å². The van der Waals surface area contributed by atoms with Crippen molar-refractivity contribution >= 4 is 6.09 Å². The van der Waals surface area contributed by atoms with E-state index in [0.29, 0.717) is 37.4 Å². The second-order valence-corrected chi connectivity index (χ2v) is 7.55. The molecule has 1 aliphatic rings. The van der Waals surface area contributed by atoms with Gasteiger partial charge in [-0.05, 0) is 42.4 Å². The first-order valence-corrected chi connectivity index (χ1v) is 9.84. The molecule has 7 nitrogen and oxygen atoms in total. The number of ether oxygens (including phenoxy) is 4. The third-order valence-corrected chi connectivity index (χ3v) is 5.09. The molecule has 0 spiro atoms. The van der Waals surface area contributed by atoms with Gasteiger partial charge in [-0.3, -0.25) is 0 Å². The molecule has 1 fully saturated rings. The van der Waals surface area contributed by atoms with Crippen LogP contribution in [0.1, 0.15) is 32.3 Å². The van der Waals surface area contributed by atoms with Gasteiger partial charge in [0.2, 0.25) is 0 Å². The van der Waals surface area contributed by atoms with Crippen LogP contribution in [0.15, 0.2) is 18.2 Å². The number of amides is 1. The van der Waals surface area contributed by atoms with Crippen LogP contribution in [0.25, 0.3) is 0 Å². The Bertz CT molecular complexity index is 617. The van der Waals surface area contributed by atoms with E-state index >= 15 is 0 Å². The number of epoxide rings is 1. The van der Waals surface area contributed by atoms with E-state index < -0.39 is 6.09 Å². The molecule has 0 aliphatic carbocycles. The van der Waals surface area contributed by atoms with E-state index in [9.17, 15) is 4.79 Å². The van der Waals surface area contributed by atoms with Crippen molar-refractivity contribution in [3.63, 3.8) is 0 Å². The first kappa shape index (κ1) is 22.3. The van der Waals surface area contributed by atoms with Crippen molar-refractivity contribution < 1.29 is 28.8 Å². The SMILES string of the molecule is COCCCOc1cc(C[C@@H](C[C@H](NC(=O)O)[C@@H]2CO2)C(C)C)ccc1OC. The van der Waals surface area contributed by atoms with Gasteiger partial charge in [-0.15, -0.1) is 0 Å². The standard InChI is InChI=1S/C21H33NO6/c1-14(2)16(12-17(20-13-28-20)22-21(23)24)10-15-6-7-18(26-4)19(11-15)27-9-5-8-25-3/h6-7,11,14,16-17,20,22H,5,8-10,12-13H2,1-4H3,(H,23,24)/t16-,17-,20-/m0/s1. The minimum absolute atomic E-state index is 0.00658. The molecule has 7 heteroatoms. The number of nitrogens with one attached hydrogen (secondary N) is 1. The highest BCUT2D eigenvalue weighted by Crippen LogP contribution is 2.32. The summed E-state index contributed by atoms with van der Waals surface area (Å²) in [4.78, 5) is 11.1. The predicted octanol–water partition coefficient (Wildman–Crippen LogP) is 3.35. The summed E-state index contributed by atoms with van der Waals surface area (Å²) in [7, 11) is 3.30. The van der Waals surface area contributed by atoms with Crippen LogP contribution < -0.4 is 14.8 Å². The smallest absolute Gasteiger partial charge is 0.404 e. The van der Waals surface area contributed by atoms with Crippen LogP contribution in [0.5, 0.6) is 11.5 Å². The molecule has 3 atom stereocenters. The van der Waals surface area contributed by atoms with Gasteiger partial charge in [0.25, 0.3) is 0 Å². The molecule has 1 saturated heterocycles. The Hall–Kier alpha value is -1.99. The first-order valence-electron chi connectivity index (χ1n) is 9.84. The van der Waals surface area contributed by atoms with Crippen molar-refractivity contribution in [3.8, 4) is 11.5 Å². The lowest BCUT2D eigenvalue weighted by Crippen LogP contribution is -2.40. The fourth-order valence-corrected chi connectivity index (χ4v) is 3.32. The number of hydrogen-bond donors (Lipinski definition) is 2. The van der Waals surface area contributed by atoms with E-state index in [1.807, 2.05) is 18.2 Å². The van der Waals surface area contributed by atoms with Crippen LogP contribution in [0.4, 0.5) is 4.79 Å². The summed E-state index contributed by atoms with van der Waals surface area (Å²) in [5, 5.41) is 11.7. The number of methoxy groups -OCH3 is 2. The second kappa shape index (κ2) is 11.1. The lowest BCUT2D eigenvalue weighted by atomic mass is 9.83. The van der Waals surface area contributed by atoms with Crippen molar-refractivity contribution in [1.29, 1.82) is 0 Å². The average molecular weight is 395 g/mol. The number of carboxylic acid groups (broad SMARTS) is 1. The van der Waals surface area contributed by atoms with Gasteiger partial charge in [0.05, 0.1) is 26.4 Å². The fourth-order valence-electron chi connectivity index (χ4n) is 3.32. The zero-order chi connectivity index (χ0) is 20.5. The summed E-state index contributed by atoms with van der Waals surface area (Å²) < 4.78 is 21.7. The average Bonchev–Trinajstić information content (AvgIpc) is 3.49. The van der Waals surface area contributed by atoms with Crippen LogP contribution in [-0.2, 0) is 15.9 Å². The third kappa shape index (κ3) is 7.20. The molecule has 0 bridgehead atoms. The van der Waals surface area contributed by atoms with Gasteiger partial charge in [-0.25, -0.2) is 4.79 Å². The Balaban J connectivity index is 2.05. The van der Waals surface area contributed by atoms with Crippen LogP contribution >= 0.6 is 0 Å². The number of hydrogen-bond acceptors (Lipinski definition) is 5. The zero-order valence-electron chi connectivity index (χ0n) is 17.3. The quantitative estimate of drug-likeness (QED) is 0.393. The van der Waals surface area contributed by atoms with Crippen LogP contribution in [-0.4, -0.2) is 57.4 Å². The monoisotopic (exact) mass is 395 g/mol. The summed E-state index contributed by atoms with van der Waals surface area (Å²) in [5.74, 6) is 2.16. The molecule has 0 radical (unpaired) electrons. The summed E-state index contributed by atoms with van der Waals surface area (Å²) in [5.41, 5.74) is 1.15. The molecule has 1 aliphatic heterocycles. The van der Waals surface area contributed by atoms with E-state index in [0.717, 1.165) is 30.6 Å². The molecular formula is C21H33NO6. The van der Waals surface area contributed by atoms with Crippen molar-refractivity contribution in [2.45, 2.75) is 45.3 Å². The summed E-state index contributed by atoms with van der Waals surface area (Å²) in [6.07, 6.45) is 1.38. The number of rotatable bonds is 13. The Kier molecular flexibility index (Phi) is 8.86. The van der Waals surface area contributed by atoms with Gasteiger partial charge in [0, 0.05) is 20.1 Å². The Morgan fingerprint density at radius 3 is 2.61 bits per heavy atom. The third-order valence-electron chi connectivity index (χ3n) is 5.09. The lowest BCUT2D eigenvalue weighted by Gasteiger charge is -2.26. The molecule has 1 aromatic carbocycles. The topological polar surface area (TPSA) is 89.6 Å². The molecular weight excluding hydrogens is 362 g/mol. The molecule has 2 N–H and O–H groups in total. The predicted molar refractivity (Wildman–Crippen MR) is 106 cm³/mol. The minimum Gasteiger partial charge on any atom is -0.493 e. The first-order chi connectivity index (χ1) is 13.4. The van der Waals surface area contributed by atoms with Crippen LogP contribution in [0.2, 0.25) is 0 Å². The molecule has 28 heavy (non-hydrogen) atoms. The van der Waals surface area contributed by atoms with E-state index in [-0.39, 0.29) is 12.1 Å². The fraction of sp³-hybridized carbons (Fsp3) is 0.667. The van der Waals surface area contributed by atoms with Gasteiger partial charge in [-0.2, -0.15) is 0 Å². The molecule has 0 aromatic heterocycles. The lowest BCUT2D eigenvalue weighted by molar-refractivity contribution is 0.170. The normalized spacial score (nSPS) is 17.8. The molecule has 1 aromatic rings. The molecule has 158 valence electrons. The molecule has 1 amide bonds. The Labute approximate surface area is 167 Å². The summed E-state index contributed by atoms with van der Waals surface area (Å²) >= 11 is 0. The second-order valence-electron chi connectivity index (χ2n) is 7.55. The highest BCUT2D eigenvalue weighted by molar-refractivity contribution is 5.65.